The summed E-state index contributed by atoms with van der Waals surface area (Å²) in [5, 5.41) is 7.61. The number of ether oxygens (including phenoxy) is 1. The van der Waals surface area contributed by atoms with E-state index in [9.17, 15) is 0 Å². The maximum Gasteiger partial charge on any atom is 0.243 e. The van der Waals surface area contributed by atoms with Gasteiger partial charge in [-0.15, -0.1) is 5.10 Å². The van der Waals surface area contributed by atoms with Gasteiger partial charge in [0.1, 0.15) is 0 Å². The molecule has 0 aliphatic carbocycles. The van der Waals surface area contributed by atoms with Crippen molar-refractivity contribution in [1.29, 1.82) is 0 Å². The van der Waals surface area contributed by atoms with E-state index in [1.807, 2.05) is 18.3 Å². The summed E-state index contributed by atoms with van der Waals surface area (Å²) in [4.78, 5) is 6.71. The number of hydrogen-bond acceptors (Lipinski definition) is 5. The lowest BCUT2D eigenvalue weighted by atomic mass is 10.3. The summed E-state index contributed by atoms with van der Waals surface area (Å²) in [5.74, 6) is 0.628. The fourth-order valence-electron chi connectivity index (χ4n) is 2.14. The topological polar surface area (TPSA) is 54.7 Å². The third-order valence-electron chi connectivity index (χ3n) is 3.14. The maximum atomic E-state index is 5.69. The quantitative estimate of drug-likeness (QED) is 0.920. The Bertz CT molecular complexity index is 572. The van der Waals surface area contributed by atoms with Gasteiger partial charge in [-0.1, -0.05) is 0 Å². The van der Waals surface area contributed by atoms with Gasteiger partial charge in [0.15, 0.2) is 5.65 Å². The van der Waals surface area contributed by atoms with Crippen LogP contribution in [0.5, 0.6) is 0 Å². The third kappa shape index (κ3) is 2.88. The van der Waals surface area contributed by atoms with Crippen molar-refractivity contribution in [2.45, 2.75) is 6.10 Å². The Hall–Kier alpha value is -1.18. The molecule has 2 aromatic heterocycles. The highest BCUT2D eigenvalue weighted by Crippen LogP contribution is 2.16. The van der Waals surface area contributed by atoms with Crippen LogP contribution in [0.25, 0.3) is 5.65 Å². The molecule has 0 saturated carbocycles. The van der Waals surface area contributed by atoms with E-state index in [-0.39, 0.29) is 6.10 Å². The Kier molecular flexibility index (Phi) is 3.67. The lowest BCUT2D eigenvalue weighted by Gasteiger charge is -2.29. The molecule has 6 nitrogen and oxygen atoms in total. The Morgan fingerprint density at radius 1 is 1.58 bits per heavy atom. The van der Waals surface area contributed by atoms with Crippen molar-refractivity contribution in [2.75, 3.05) is 38.6 Å². The van der Waals surface area contributed by atoms with Crippen LogP contribution < -0.4 is 5.32 Å². The van der Waals surface area contributed by atoms with Gasteiger partial charge in [-0.2, -0.15) is 4.98 Å². The molecule has 0 spiro atoms. The smallest absolute Gasteiger partial charge is 0.243 e. The van der Waals surface area contributed by atoms with Crippen molar-refractivity contribution in [2.24, 2.45) is 0 Å². The van der Waals surface area contributed by atoms with Crippen LogP contribution in [0.4, 0.5) is 5.95 Å². The number of likely N-dealkylation sites (N-methyl/N-ethyl adjacent to an activating group) is 1. The molecule has 0 amide bonds. The Balaban J connectivity index is 1.66. The zero-order valence-electron chi connectivity index (χ0n) is 10.7. The van der Waals surface area contributed by atoms with Gasteiger partial charge in [0.05, 0.1) is 17.2 Å². The van der Waals surface area contributed by atoms with Crippen LogP contribution in [0, 0.1) is 0 Å². The van der Waals surface area contributed by atoms with E-state index < -0.39 is 0 Å². The fraction of sp³-hybridized carbons (Fsp3) is 0.500. The zero-order valence-corrected chi connectivity index (χ0v) is 12.3. The number of rotatable bonds is 3. The second-order valence-electron chi connectivity index (χ2n) is 4.70. The minimum absolute atomic E-state index is 0.189. The molecule has 1 fully saturated rings. The van der Waals surface area contributed by atoms with Crippen molar-refractivity contribution in [3.05, 3.63) is 22.8 Å². The van der Waals surface area contributed by atoms with Gasteiger partial charge < -0.3 is 15.0 Å². The SMILES string of the molecule is CN1CCOC(CNc2nc3c(Br)cccn3n2)C1. The molecule has 0 bridgehead atoms. The van der Waals surface area contributed by atoms with Crippen molar-refractivity contribution in [3.63, 3.8) is 0 Å². The summed E-state index contributed by atoms with van der Waals surface area (Å²) < 4.78 is 8.38. The van der Waals surface area contributed by atoms with Crippen molar-refractivity contribution in [1.82, 2.24) is 19.5 Å². The minimum atomic E-state index is 0.189. The summed E-state index contributed by atoms with van der Waals surface area (Å²) in [7, 11) is 2.11. The van der Waals surface area contributed by atoms with Crippen LogP contribution in [0.3, 0.4) is 0 Å². The summed E-state index contributed by atoms with van der Waals surface area (Å²) in [6, 6.07) is 3.88. The fourth-order valence-corrected chi connectivity index (χ4v) is 2.57. The number of aromatic nitrogens is 3. The first kappa shape index (κ1) is 12.8. The molecule has 0 radical (unpaired) electrons. The molecule has 1 N–H and O–H groups in total. The number of nitrogens with zero attached hydrogens (tertiary/aromatic N) is 4. The highest BCUT2D eigenvalue weighted by molar-refractivity contribution is 9.10. The summed E-state index contributed by atoms with van der Waals surface area (Å²) in [6.45, 7) is 3.44. The van der Waals surface area contributed by atoms with Gasteiger partial charge in [-0.3, -0.25) is 0 Å². The summed E-state index contributed by atoms with van der Waals surface area (Å²) in [6.07, 6.45) is 2.07. The van der Waals surface area contributed by atoms with Crippen LogP contribution in [0.2, 0.25) is 0 Å². The molecule has 102 valence electrons. The van der Waals surface area contributed by atoms with Crippen LogP contribution in [0.1, 0.15) is 0 Å². The molecule has 3 rings (SSSR count). The van der Waals surface area contributed by atoms with Crippen LogP contribution in [-0.2, 0) is 4.74 Å². The molecule has 0 aromatic carbocycles. The third-order valence-corrected chi connectivity index (χ3v) is 3.76. The number of anilines is 1. The maximum absolute atomic E-state index is 5.69. The molecule has 1 atom stereocenters. The zero-order chi connectivity index (χ0) is 13.2. The second-order valence-corrected chi connectivity index (χ2v) is 5.55. The summed E-state index contributed by atoms with van der Waals surface area (Å²) in [5.41, 5.74) is 0.812. The van der Waals surface area contributed by atoms with E-state index in [0.29, 0.717) is 5.95 Å². The van der Waals surface area contributed by atoms with Crippen molar-refractivity contribution < 1.29 is 4.74 Å². The molecule has 1 aliphatic rings. The average molecular weight is 326 g/mol. The molecule has 7 heteroatoms. The van der Waals surface area contributed by atoms with Gasteiger partial charge in [0.2, 0.25) is 5.95 Å². The Labute approximate surface area is 119 Å². The molecular weight excluding hydrogens is 310 g/mol. The lowest BCUT2D eigenvalue weighted by Crippen LogP contribution is -2.43. The number of morpholine rings is 1. The number of fused-ring (bicyclic) bond motifs is 1. The van der Waals surface area contributed by atoms with Gasteiger partial charge in [-0.05, 0) is 35.1 Å². The minimum Gasteiger partial charge on any atom is -0.374 e. The monoisotopic (exact) mass is 325 g/mol. The van der Waals surface area contributed by atoms with Crippen LogP contribution in [0.15, 0.2) is 22.8 Å². The van der Waals surface area contributed by atoms with Crippen LogP contribution in [-0.4, -0.2) is 58.9 Å². The Morgan fingerprint density at radius 2 is 2.47 bits per heavy atom. The molecule has 1 unspecified atom stereocenters. The molecule has 3 heterocycles. The van der Waals surface area contributed by atoms with E-state index in [0.717, 1.165) is 36.4 Å². The average Bonchev–Trinajstić information content (AvgIpc) is 2.81. The Morgan fingerprint density at radius 3 is 3.26 bits per heavy atom. The van der Waals surface area contributed by atoms with E-state index in [2.05, 4.69) is 43.3 Å². The largest absolute Gasteiger partial charge is 0.374 e. The molecule has 19 heavy (non-hydrogen) atoms. The van der Waals surface area contributed by atoms with Gasteiger partial charge in [0.25, 0.3) is 0 Å². The lowest BCUT2D eigenvalue weighted by molar-refractivity contribution is -0.0117. The first-order valence-corrected chi connectivity index (χ1v) is 7.06. The summed E-state index contributed by atoms with van der Waals surface area (Å²) >= 11 is 3.46. The van der Waals surface area contributed by atoms with Gasteiger partial charge in [-0.25, -0.2) is 4.52 Å². The van der Waals surface area contributed by atoms with Gasteiger partial charge in [0, 0.05) is 25.8 Å². The molecule has 1 aliphatic heterocycles. The number of halogens is 1. The van der Waals surface area contributed by atoms with Crippen molar-refractivity contribution >= 4 is 27.5 Å². The van der Waals surface area contributed by atoms with Crippen LogP contribution >= 0.6 is 15.9 Å². The predicted molar refractivity (Wildman–Crippen MR) is 76.4 cm³/mol. The highest BCUT2D eigenvalue weighted by atomic mass is 79.9. The molecular formula is C12H16BrN5O. The number of hydrogen-bond donors (Lipinski definition) is 1. The highest BCUT2D eigenvalue weighted by Gasteiger charge is 2.18. The van der Waals surface area contributed by atoms with E-state index in [4.69, 9.17) is 4.74 Å². The number of pyridine rings is 1. The predicted octanol–water partition coefficient (Wildman–Crippen LogP) is 1.23. The van der Waals surface area contributed by atoms with E-state index in [1.165, 1.54) is 0 Å². The van der Waals surface area contributed by atoms with Crippen molar-refractivity contribution in [3.8, 4) is 0 Å². The van der Waals surface area contributed by atoms with E-state index in [1.54, 1.807) is 4.52 Å². The molecule has 2 aromatic rings. The molecule has 1 saturated heterocycles. The number of nitrogens with one attached hydrogen (secondary N) is 1. The normalized spacial score (nSPS) is 20.8. The van der Waals surface area contributed by atoms with Gasteiger partial charge >= 0.3 is 0 Å². The van der Waals surface area contributed by atoms with E-state index >= 15 is 0 Å². The first-order valence-electron chi connectivity index (χ1n) is 6.27. The first-order chi connectivity index (χ1) is 9.22. The standard InChI is InChI=1S/C12H16BrN5O/c1-17-5-6-19-9(8-17)7-14-12-15-11-10(13)3-2-4-18(11)16-12/h2-4,9H,5-8H2,1H3,(H,14,16). The second kappa shape index (κ2) is 5.44.